The third-order valence-electron chi connectivity index (χ3n) is 4.44. The van der Waals surface area contributed by atoms with E-state index in [2.05, 4.69) is 13.8 Å². The van der Waals surface area contributed by atoms with Crippen LogP contribution < -0.4 is 5.73 Å². The highest BCUT2D eigenvalue weighted by Gasteiger charge is 2.62. The number of fused-ring (bicyclic) bond motifs is 1. The molecule has 3 atom stereocenters. The molecule has 3 heteroatoms. The average Bonchev–Trinajstić information content (AvgIpc) is 2.55. The van der Waals surface area contributed by atoms with E-state index in [1.807, 2.05) is 18.7 Å². The summed E-state index contributed by atoms with van der Waals surface area (Å²) < 4.78 is 0. The molecule has 1 aliphatic carbocycles. The summed E-state index contributed by atoms with van der Waals surface area (Å²) in [6.45, 7) is 10.5. The second-order valence-corrected chi connectivity index (χ2v) is 6.05. The van der Waals surface area contributed by atoms with Crippen molar-refractivity contribution in [1.82, 2.24) is 4.90 Å². The number of piperidine rings is 1. The molecule has 86 valence electrons. The number of likely N-dealkylation sites (tertiary alicyclic amines) is 1. The van der Waals surface area contributed by atoms with Crippen LogP contribution in [0.1, 0.15) is 27.7 Å². The van der Waals surface area contributed by atoms with Crippen molar-refractivity contribution in [2.24, 2.45) is 28.9 Å². The van der Waals surface area contributed by atoms with Gasteiger partial charge in [-0.05, 0) is 23.2 Å². The fourth-order valence-electron chi connectivity index (χ4n) is 2.81. The maximum Gasteiger partial charge on any atom is 0.239 e. The smallest absolute Gasteiger partial charge is 0.239 e. The molecule has 1 amide bonds. The lowest BCUT2D eigenvalue weighted by molar-refractivity contribution is -0.133. The van der Waals surface area contributed by atoms with Gasteiger partial charge in [0.1, 0.15) is 0 Å². The lowest BCUT2D eigenvalue weighted by Crippen LogP contribution is -2.46. The van der Waals surface area contributed by atoms with E-state index in [9.17, 15) is 4.79 Å². The molecule has 1 heterocycles. The Morgan fingerprint density at radius 1 is 1.33 bits per heavy atom. The second-order valence-electron chi connectivity index (χ2n) is 6.05. The normalized spacial score (nSPS) is 34.1. The minimum atomic E-state index is -0.314. The SMILES string of the molecule is CC(C)[C@H](N)C(=O)N1CC2C(C1)C2(C)C. The van der Waals surface area contributed by atoms with Crippen molar-refractivity contribution in [3.63, 3.8) is 0 Å². The summed E-state index contributed by atoms with van der Waals surface area (Å²) in [6, 6.07) is -0.314. The number of amides is 1. The largest absolute Gasteiger partial charge is 0.341 e. The molecule has 0 aromatic heterocycles. The van der Waals surface area contributed by atoms with Crippen LogP contribution in [0, 0.1) is 23.2 Å². The summed E-state index contributed by atoms with van der Waals surface area (Å²) in [5.41, 5.74) is 6.35. The van der Waals surface area contributed by atoms with Gasteiger partial charge in [0.25, 0.3) is 0 Å². The van der Waals surface area contributed by atoms with Crippen LogP contribution in [0.25, 0.3) is 0 Å². The van der Waals surface area contributed by atoms with Gasteiger partial charge in [-0.15, -0.1) is 0 Å². The Labute approximate surface area is 92.0 Å². The Morgan fingerprint density at radius 3 is 2.20 bits per heavy atom. The molecule has 0 aromatic carbocycles. The van der Waals surface area contributed by atoms with Gasteiger partial charge >= 0.3 is 0 Å². The van der Waals surface area contributed by atoms with Gasteiger partial charge in [0.2, 0.25) is 5.91 Å². The van der Waals surface area contributed by atoms with Crippen molar-refractivity contribution in [1.29, 1.82) is 0 Å². The summed E-state index contributed by atoms with van der Waals surface area (Å²) in [5.74, 6) is 1.83. The zero-order valence-electron chi connectivity index (χ0n) is 10.2. The molecule has 2 unspecified atom stereocenters. The molecule has 2 aliphatic rings. The van der Waals surface area contributed by atoms with Gasteiger partial charge in [0, 0.05) is 13.1 Å². The minimum Gasteiger partial charge on any atom is -0.341 e. The van der Waals surface area contributed by atoms with Crippen molar-refractivity contribution >= 4 is 5.91 Å². The van der Waals surface area contributed by atoms with Crippen LogP contribution in [0.3, 0.4) is 0 Å². The average molecular weight is 210 g/mol. The number of hydrogen-bond donors (Lipinski definition) is 1. The van der Waals surface area contributed by atoms with Crippen molar-refractivity contribution in [3.05, 3.63) is 0 Å². The third-order valence-corrected chi connectivity index (χ3v) is 4.44. The molecule has 1 saturated carbocycles. The molecular formula is C12H22N2O. The van der Waals surface area contributed by atoms with Crippen molar-refractivity contribution in [2.75, 3.05) is 13.1 Å². The van der Waals surface area contributed by atoms with Gasteiger partial charge in [0.15, 0.2) is 0 Å². The van der Waals surface area contributed by atoms with E-state index >= 15 is 0 Å². The summed E-state index contributed by atoms with van der Waals surface area (Å²) >= 11 is 0. The summed E-state index contributed by atoms with van der Waals surface area (Å²) in [4.78, 5) is 13.9. The molecule has 2 N–H and O–H groups in total. The molecule has 0 spiro atoms. The van der Waals surface area contributed by atoms with E-state index in [0.717, 1.165) is 24.9 Å². The van der Waals surface area contributed by atoms with Gasteiger partial charge in [-0.2, -0.15) is 0 Å². The molecule has 0 radical (unpaired) electrons. The predicted molar refractivity (Wildman–Crippen MR) is 60.2 cm³/mol. The number of carbonyl (C=O) groups excluding carboxylic acids is 1. The van der Waals surface area contributed by atoms with Crippen LogP contribution in [0.5, 0.6) is 0 Å². The molecule has 3 nitrogen and oxygen atoms in total. The summed E-state index contributed by atoms with van der Waals surface area (Å²) in [5, 5.41) is 0. The highest BCUT2D eigenvalue weighted by Crippen LogP contribution is 2.61. The number of carbonyl (C=O) groups is 1. The first kappa shape index (κ1) is 10.9. The van der Waals surface area contributed by atoms with Gasteiger partial charge in [-0.25, -0.2) is 0 Å². The van der Waals surface area contributed by atoms with E-state index in [4.69, 9.17) is 5.73 Å². The minimum absolute atomic E-state index is 0.146. The number of rotatable bonds is 2. The first-order valence-electron chi connectivity index (χ1n) is 5.90. The molecule has 0 aromatic rings. The van der Waals surface area contributed by atoms with E-state index in [-0.39, 0.29) is 17.9 Å². The van der Waals surface area contributed by atoms with Crippen molar-refractivity contribution in [3.8, 4) is 0 Å². The van der Waals surface area contributed by atoms with Crippen LogP contribution in [0.2, 0.25) is 0 Å². The standard InChI is InChI=1S/C12H22N2O/c1-7(2)10(13)11(15)14-5-8-9(6-14)12(8,3)4/h7-10H,5-6,13H2,1-4H3/t8?,9?,10-/m0/s1. The van der Waals surface area contributed by atoms with Gasteiger partial charge in [-0.3, -0.25) is 4.79 Å². The number of nitrogens with two attached hydrogens (primary N) is 1. The van der Waals surface area contributed by atoms with Crippen LogP contribution in [0.4, 0.5) is 0 Å². The lowest BCUT2D eigenvalue weighted by Gasteiger charge is -2.26. The topological polar surface area (TPSA) is 46.3 Å². The second kappa shape index (κ2) is 3.21. The van der Waals surface area contributed by atoms with E-state index in [1.54, 1.807) is 0 Å². The number of hydrogen-bond acceptors (Lipinski definition) is 2. The molecule has 2 fully saturated rings. The van der Waals surface area contributed by atoms with Crippen LogP contribution in [-0.2, 0) is 4.79 Å². The first-order chi connectivity index (χ1) is 6.85. The fourth-order valence-corrected chi connectivity index (χ4v) is 2.81. The molecule has 0 bridgehead atoms. The Kier molecular flexibility index (Phi) is 2.34. The molecule has 1 aliphatic heterocycles. The van der Waals surface area contributed by atoms with E-state index in [0.29, 0.717) is 5.41 Å². The van der Waals surface area contributed by atoms with Crippen LogP contribution in [-0.4, -0.2) is 29.9 Å². The van der Waals surface area contributed by atoms with Gasteiger partial charge in [-0.1, -0.05) is 27.7 Å². The Hall–Kier alpha value is -0.570. The first-order valence-corrected chi connectivity index (χ1v) is 5.90. The van der Waals surface area contributed by atoms with Crippen molar-refractivity contribution < 1.29 is 4.79 Å². The maximum atomic E-state index is 12.0. The monoisotopic (exact) mass is 210 g/mol. The lowest BCUT2D eigenvalue weighted by atomic mass is 10.0. The third kappa shape index (κ3) is 1.57. The number of nitrogens with zero attached hydrogens (tertiary/aromatic N) is 1. The highest BCUT2D eigenvalue weighted by atomic mass is 16.2. The molecular weight excluding hydrogens is 188 g/mol. The Morgan fingerprint density at radius 2 is 1.80 bits per heavy atom. The molecule has 15 heavy (non-hydrogen) atoms. The van der Waals surface area contributed by atoms with Crippen LogP contribution in [0.15, 0.2) is 0 Å². The molecule has 2 rings (SSSR count). The van der Waals surface area contributed by atoms with E-state index in [1.165, 1.54) is 0 Å². The summed E-state index contributed by atoms with van der Waals surface area (Å²) in [6.07, 6.45) is 0. The molecule has 1 saturated heterocycles. The Bertz CT molecular complexity index is 271. The van der Waals surface area contributed by atoms with E-state index < -0.39 is 0 Å². The fraction of sp³-hybridized carbons (Fsp3) is 0.917. The van der Waals surface area contributed by atoms with Crippen LogP contribution >= 0.6 is 0 Å². The predicted octanol–water partition coefficient (Wildman–Crippen LogP) is 1.08. The zero-order valence-corrected chi connectivity index (χ0v) is 10.2. The quantitative estimate of drug-likeness (QED) is 0.741. The van der Waals surface area contributed by atoms with Crippen molar-refractivity contribution in [2.45, 2.75) is 33.7 Å². The summed E-state index contributed by atoms with van der Waals surface area (Å²) in [7, 11) is 0. The highest BCUT2D eigenvalue weighted by molar-refractivity contribution is 5.82. The Balaban J connectivity index is 1.92. The maximum absolute atomic E-state index is 12.0. The zero-order chi connectivity index (χ0) is 11.4. The van der Waals surface area contributed by atoms with Gasteiger partial charge < -0.3 is 10.6 Å². The van der Waals surface area contributed by atoms with Gasteiger partial charge in [0.05, 0.1) is 6.04 Å².